The fraction of sp³-hybridized carbons (Fsp3) is 0.320. The fourth-order valence-electron chi connectivity index (χ4n) is 3.21. The lowest BCUT2D eigenvalue weighted by Gasteiger charge is -2.16. The fourth-order valence-corrected chi connectivity index (χ4v) is 3.21. The van der Waals surface area contributed by atoms with Crippen LogP contribution in [0.15, 0.2) is 59.6 Å². The highest BCUT2D eigenvalue weighted by molar-refractivity contribution is 6.03. The summed E-state index contributed by atoms with van der Waals surface area (Å²) >= 11 is 0. The molecule has 27 heavy (non-hydrogen) atoms. The van der Waals surface area contributed by atoms with Gasteiger partial charge in [0.2, 0.25) is 0 Å². The lowest BCUT2D eigenvalue weighted by Crippen LogP contribution is -1.96. The van der Waals surface area contributed by atoms with E-state index < -0.39 is 0 Å². The maximum absolute atomic E-state index is 10.4. The molecule has 0 bridgehead atoms. The molecule has 0 aromatic heterocycles. The Morgan fingerprint density at radius 1 is 0.778 bits per heavy atom. The molecule has 0 aliphatic rings. The molecule has 0 radical (unpaired) electrons. The molecular formula is C25H31NO. The first-order chi connectivity index (χ1) is 13.0. The van der Waals surface area contributed by atoms with Crippen molar-refractivity contribution in [1.82, 2.24) is 0 Å². The summed E-state index contributed by atoms with van der Waals surface area (Å²) in [5.74, 6) is 1.05. The molecule has 2 nitrogen and oxygen atoms in total. The molecule has 3 rings (SSSR count). The first-order valence-corrected chi connectivity index (χ1v) is 9.86. The van der Waals surface area contributed by atoms with Gasteiger partial charge in [0, 0.05) is 11.8 Å². The second-order valence-electron chi connectivity index (χ2n) is 7.07. The van der Waals surface area contributed by atoms with E-state index in [4.69, 9.17) is 4.99 Å². The van der Waals surface area contributed by atoms with Crippen LogP contribution in [0.4, 0.5) is 5.69 Å². The van der Waals surface area contributed by atoms with Crippen molar-refractivity contribution in [2.45, 2.75) is 53.4 Å². The lowest BCUT2D eigenvalue weighted by molar-refractivity contribution is 0.475. The largest absolute Gasteiger partial charge is 0.507 e. The molecule has 0 fully saturated rings. The highest BCUT2D eigenvalue weighted by Gasteiger charge is 2.13. The highest BCUT2D eigenvalue weighted by Crippen LogP contribution is 2.35. The molecule has 0 aliphatic carbocycles. The van der Waals surface area contributed by atoms with E-state index in [1.54, 1.807) is 6.07 Å². The van der Waals surface area contributed by atoms with Crippen LogP contribution < -0.4 is 0 Å². The smallest absolute Gasteiger partial charge is 0.124 e. The van der Waals surface area contributed by atoms with Crippen LogP contribution in [-0.2, 0) is 0 Å². The standard InChI is InChI=1S/C23H25NO.C2H6/c1-15(2)18-10-7-11-19(16(3)4)23(18)24-14-21-20-9-6-5-8-17(20)12-13-22(21)25;1-2/h5-16,25H,1-4H3;1-2H3. The van der Waals surface area contributed by atoms with Crippen molar-refractivity contribution < 1.29 is 5.11 Å². The minimum absolute atomic E-state index is 0.260. The summed E-state index contributed by atoms with van der Waals surface area (Å²) in [5.41, 5.74) is 4.27. The molecule has 1 N–H and O–H groups in total. The van der Waals surface area contributed by atoms with Gasteiger partial charge in [-0.15, -0.1) is 0 Å². The third-order valence-electron chi connectivity index (χ3n) is 4.61. The number of benzene rings is 3. The molecule has 2 heteroatoms. The summed E-state index contributed by atoms with van der Waals surface area (Å²) in [6, 6.07) is 18.1. The number of aromatic hydroxyl groups is 1. The topological polar surface area (TPSA) is 32.6 Å². The number of para-hydroxylation sites is 1. The SMILES string of the molecule is CC.CC(C)c1cccc(C(C)C)c1N=Cc1c(O)ccc2ccccc12. The van der Waals surface area contributed by atoms with Crippen molar-refractivity contribution in [3.8, 4) is 5.75 Å². The molecule has 0 spiro atoms. The number of aliphatic imine (C=N–C) groups is 1. The predicted molar refractivity (Wildman–Crippen MR) is 119 cm³/mol. The Morgan fingerprint density at radius 2 is 1.37 bits per heavy atom. The van der Waals surface area contributed by atoms with Gasteiger partial charge in [-0.05, 0) is 39.8 Å². The third kappa shape index (κ3) is 4.57. The molecule has 0 saturated heterocycles. The van der Waals surface area contributed by atoms with Crippen molar-refractivity contribution in [3.05, 3.63) is 71.3 Å². The van der Waals surface area contributed by atoms with Gasteiger partial charge in [0.1, 0.15) is 5.75 Å². The number of phenols is 1. The molecule has 0 saturated carbocycles. The van der Waals surface area contributed by atoms with Crippen LogP contribution in [0.25, 0.3) is 10.8 Å². The first kappa shape index (κ1) is 20.7. The molecule has 3 aromatic rings. The minimum Gasteiger partial charge on any atom is -0.507 e. The molecule has 0 aliphatic heterocycles. The Hall–Kier alpha value is -2.61. The Labute approximate surface area is 163 Å². The van der Waals surface area contributed by atoms with Gasteiger partial charge in [0.25, 0.3) is 0 Å². The van der Waals surface area contributed by atoms with Crippen molar-refractivity contribution >= 4 is 22.7 Å². The Balaban J connectivity index is 0.00000126. The van der Waals surface area contributed by atoms with Crippen LogP contribution in [0.2, 0.25) is 0 Å². The maximum atomic E-state index is 10.4. The molecule has 0 unspecified atom stereocenters. The zero-order valence-electron chi connectivity index (χ0n) is 17.3. The molecule has 0 heterocycles. The minimum atomic E-state index is 0.260. The highest BCUT2D eigenvalue weighted by atomic mass is 16.3. The van der Waals surface area contributed by atoms with Gasteiger partial charge in [0.15, 0.2) is 0 Å². The van der Waals surface area contributed by atoms with E-state index in [0.29, 0.717) is 11.8 Å². The average molecular weight is 362 g/mol. The van der Waals surface area contributed by atoms with E-state index in [1.807, 2.05) is 50.4 Å². The lowest BCUT2D eigenvalue weighted by atomic mass is 9.93. The number of rotatable bonds is 4. The quantitative estimate of drug-likeness (QED) is 0.477. The Kier molecular flexibility index (Phi) is 7.18. The molecule has 142 valence electrons. The molecular weight excluding hydrogens is 330 g/mol. The van der Waals surface area contributed by atoms with E-state index >= 15 is 0 Å². The summed E-state index contributed by atoms with van der Waals surface area (Å²) in [6.45, 7) is 12.8. The molecule has 0 atom stereocenters. The average Bonchev–Trinajstić information content (AvgIpc) is 2.68. The van der Waals surface area contributed by atoms with Gasteiger partial charge in [-0.25, -0.2) is 0 Å². The van der Waals surface area contributed by atoms with Crippen molar-refractivity contribution in [1.29, 1.82) is 0 Å². The summed E-state index contributed by atoms with van der Waals surface area (Å²) in [7, 11) is 0. The summed E-state index contributed by atoms with van der Waals surface area (Å²) in [5, 5.41) is 12.5. The van der Waals surface area contributed by atoms with Crippen LogP contribution in [0.1, 0.15) is 70.1 Å². The van der Waals surface area contributed by atoms with E-state index in [9.17, 15) is 5.11 Å². The van der Waals surface area contributed by atoms with E-state index in [-0.39, 0.29) is 5.75 Å². The van der Waals surface area contributed by atoms with Gasteiger partial charge in [-0.1, -0.05) is 90.1 Å². The first-order valence-electron chi connectivity index (χ1n) is 9.86. The second-order valence-corrected chi connectivity index (χ2v) is 7.07. The number of nitrogens with zero attached hydrogens (tertiary/aromatic N) is 1. The van der Waals surface area contributed by atoms with Crippen molar-refractivity contribution in [2.24, 2.45) is 4.99 Å². The maximum Gasteiger partial charge on any atom is 0.124 e. The van der Waals surface area contributed by atoms with Crippen molar-refractivity contribution in [2.75, 3.05) is 0 Å². The Morgan fingerprint density at radius 3 is 1.96 bits per heavy atom. The van der Waals surface area contributed by atoms with Crippen molar-refractivity contribution in [3.63, 3.8) is 0 Å². The number of fused-ring (bicyclic) bond motifs is 1. The zero-order valence-corrected chi connectivity index (χ0v) is 17.3. The monoisotopic (exact) mass is 361 g/mol. The summed E-state index contributed by atoms with van der Waals surface area (Å²) in [6.07, 6.45) is 1.81. The van der Waals surface area contributed by atoms with Crippen LogP contribution in [-0.4, -0.2) is 11.3 Å². The summed E-state index contributed by atoms with van der Waals surface area (Å²) < 4.78 is 0. The van der Waals surface area contributed by atoms with E-state index in [0.717, 1.165) is 22.0 Å². The van der Waals surface area contributed by atoms with Gasteiger partial charge in [-0.3, -0.25) is 4.99 Å². The van der Waals surface area contributed by atoms with E-state index in [1.165, 1.54) is 11.1 Å². The van der Waals surface area contributed by atoms with Crippen LogP contribution in [0, 0.1) is 0 Å². The van der Waals surface area contributed by atoms with E-state index in [2.05, 4.69) is 45.9 Å². The number of hydrogen-bond donors (Lipinski definition) is 1. The van der Waals surface area contributed by atoms with Crippen LogP contribution in [0.3, 0.4) is 0 Å². The van der Waals surface area contributed by atoms with Crippen LogP contribution >= 0.6 is 0 Å². The van der Waals surface area contributed by atoms with Gasteiger partial charge in [-0.2, -0.15) is 0 Å². The number of phenolic OH excluding ortho intramolecular Hbond substituents is 1. The molecule has 0 amide bonds. The zero-order chi connectivity index (χ0) is 20.0. The predicted octanol–water partition coefficient (Wildman–Crippen LogP) is 7.57. The third-order valence-corrected chi connectivity index (χ3v) is 4.61. The Bertz CT molecular complexity index is 897. The second kappa shape index (κ2) is 9.36. The van der Waals surface area contributed by atoms with Gasteiger partial charge >= 0.3 is 0 Å². The van der Waals surface area contributed by atoms with Gasteiger partial charge < -0.3 is 5.11 Å². The summed E-state index contributed by atoms with van der Waals surface area (Å²) in [4.78, 5) is 4.84. The van der Waals surface area contributed by atoms with Gasteiger partial charge in [0.05, 0.1) is 5.69 Å². The normalized spacial score (nSPS) is 11.3. The number of hydrogen-bond acceptors (Lipinski definition) is 2. The molecule has 3 aromatic carbocycles. The van der Waals surface area contributed by atoms with Crippen LogP contribution in [0.5, 0.6) is 5.75 Å².